The first-order valence-corrected chi connectivity index (χ1v) is 8.99. The fourth-order valence-corrected chi connectivity index (χ4v) is 2.80. The molecular weight excluding hydrogens is 380 g/mol. The first-order chi connectivity index (χ1) is 14.0. The predicted octanol–water partition coefficient (Wildman–Crippen LogP) is 3.55. The van der Waals surface area contributed by atoms with Gasteiger partial charge in [-0.1, -0.05) is 35.5 Å². The molecule has 0 unspecified atom stereocenters. The van der Waals surface area contributed by atoms with Crippen molar-refractivity contribution in [1.29, 1.82) is 0 Å². The molecule has 6 nitrogen and oxygen atoms in total. The molecular formula is C21H19F2N3O3. The summed E-state index contributed by atoms with van der Waals surface area (Å²) < 4.78 is 32.4. The Morgan fingerprint density at radius 2 is 1.72 bits per heavy atom. The van der Waals surface area contributed by atoms with Crippen LogP contribution in [0.5, 0.6) is 0 Å². The third-order valence-electron chi connectivity index (χ3n) is 4.09. The van der Waals surface area contributed by atoms with Crippen LogP contribution >= 0.6 is 0 Å². The molecule has 29 heavy (non-hydrogen) atoms. The summed E-state index contributed by atoms with van der Waals surface area (Å²) in [4.78, 5) is 26.2. The van der Waals surface area contributed by atoms with E-state index in [0.29, 0.717) is 12.6 Å². The summed E-state index contributed by atoms with van der Waals surface area (Å²) in [5.74, 6) is -2.39. The number of hydrogen-bond acceptors (Lipinski definition) is 4. The van der Waals surface area contributed by atoms with Gasteiger partial charge in [0, 0.05) is 30.8 Å². The minimum atomic E-state index is -0.841. The normalized spacial score (nSPS) is 10.6. The van der Waals surface area contributed by atoms with Gasteiger partial charge in [-0.25, -0.2) is 8.78 Å². The van der Waals surface area contributed by atoms with Crippen molar-refractivity contribution in [3.63, 3.8) is 0 Å². The fraction of sp³-hybridized carbons (Fsp3) is 0.190. The highest BCUT2D eigenvalue weighted by Crippen LogP contribution is 2.17. The molecule has 0 aliphatic carbocycles. The number of amides is 2. The topological polar surface area (TPSA) is 75.4 Å². The summed E-state index contributed by atoms with van der Waals surface area (Å²) in [6.07, 6.45) is 0. The Morgan fingerprint density at radius 1 is 1.03 bits per heavy atom. The zero-order valence-corrected chi connectivity index (χ0v) is 15.7. The van der Waals surface area contributed by atoms with Crippen molar-refractivity contribution in [2.75, 3.05) is 6.54 Å². The van der Waals surface area contributed by atoms with Gasteiger partial charge in [-0.15, -0.1) is 0 Å². The van der Waals surface area contributed by atoms with Crippen LogP contribution in [0.3, 0.4) is 0 Å². The van der Waals surface area contributed by atoms with E-state index in [9.17, 15) is 18.4 Å². The maximum absolute atomic E-state index is 13.6. The third kappa shape index (κ3) is 5.25. The molecule has 3 aromatic rings. The lowest BCUT2D eigenvalue weighted by Gasteiger charge is -2.22. The monoisotopic (exact) mass is 399 g/mol. The van der Waals surface area contributed by atoms with Crippen molar-refractivity contribution in [3.05, 3.63) is 88.8 Å². The van der Waals surface area contributed by atoms with Crippen LogP contribution in [-0.4, -0.2) is 28.4 Å². The van der Waals surface area contributed by atoms with Crippen LogP contribution in [0.4, 0.5) is 8.78 Å². The van der Waals surface area contributed by atoms with Crippen LogP contribution in [0.2, 0.25) is 0 Å². The molecule has 0 spiro atoms. The Bertz CT molecular complexity index is 985. The van der Waals surface area contributed by atoms with Crippen molar-refractivity contribution in [2.45, 2.75) is 20.0 Å². The van der Waals surface area contributed by atoms with Gasteiger partial charge in [-0.3, -0.25) is 9.59 Å². The van der Waals surface area contributed by atoms with Crippen LogP contribution < -0.4 is 5.32 Å². The number of nitrogens with zero attached hydrogens (tertiary/aromatic N) is 2. The van der Waals surface area contributed by atoms with Gasteiger partial charge in [-0.05, 0) is 24.6 Å². The quantitative estimate of drug-likeness (QED) is 0.659. The molecule has 1 heterocycles. The van der Waals surface area contributed by atoms with Crippen molar-refractivity contribution < 1.29 is 22.9 Å². The zero-order valence-electron chi connectivity index (χ0n) is 15.7. The number of halogens is 2. The summed E-state index contributed by atoms with van der Waals surface area (Å²) in [5.41, 5.74) is 0.786. The van der Waals surface area contributed by atoms with Crippen LogP contribution in [0.1, 0.15) is 39.1 Å². The first kappa shape index (κ1) is 20.2. The minimum absolute atomic E-state index is 0.0295. The molecule has 2 aromatic carbocycles. The molecule has 150 valence electrons. The highest BCUT2D eigenvalue weighted by molar-refractivity contribution is 5.94. The average molecular weight is 399 g/mol. The smallest absolute Gasteiger partial charge is 0.273 e. The molecule has 3 rings (SSSR count). The highest BCUT2D eigenvalue weighted by atomic mass is 19.1. The standard InChI is InChI=1S/C21H19F2N3O3/c1-2-24-20(27)19-11-18(29-25-19)13-26(12-14-6-4-3-5-7-14)21(28)15-8-16(22)10-17(23)9-15/h3-11H,2,12-13H2,1H3,(H,24,27). The van der Waals surface area contributed by atoms with Crippen molar-refractivity contribution in [2.24, 2.45) is 0 Å². The molecule has 8 heteroatoms. The van der Waals surface area contributed by atoms with E-state index < -0.39 is 23.4 Å². The fourth-order valence-electron chi connectivity index (χ4n) is 2.80. The van der Waals surface area contributed by atoms with E-state index in [-0.39, 0.29) is 30.1 Å². The first-order valence-electron chi connectivity index (χ1n) is 8.99. The van der Waals surface area contributed by atoms with Gasteiger partial charge >= 0.3 is 0 Å². The van der Waals surface area contributed by atoms with Crippen LogP contribution in [0.15, 0.2) is 59.1 Å². The maximum atomic E-state index is 13.6. The second-order valence-corrected chi connectivity index (χ2v) is 6.34. The molecule has 0 aliphatic rings. The SMILES string of the molecule is CCNC(=O)c1cc(CN(Cc2ccccc2)C(=O)c2cc(F)cc(F)c2)on1. The van der Waals surface area contributed by atoms with Gasteiger partial charge in [0.1, 0.15) is 11.6 Å². The second kappa shape index (κ2) is 9.09. The Labute approximate surface area is 166 Å². The van der Waals surface area contributed by atoms with Crippen LogP contribution in [0, 0.1) is 11.6 Å². The van der Waals surface area contributed by atoms with Crippen molar-refractivity contribution in [3.8, 4) is 0 Å². The van der Waals surface area contributed by atoms with Crippen LogP contribution in [0.25, 0.3) is 0 Å². The van der Waals surface area contributed by atoms with Gasteiger partial charge in [0.15, 0.2) is 11.5 Å². The molecule has 0 radical (unpaired) electrons. The molecule has 2 amide bonds. The van der Waals surface area contributed by atoms with E-state index in [4.69, 9.17) is 4.52 Å². The number of rotatable bonds is 7. The number of carbonyl (C=O) groups excluding carboxylic acids is 2. The predicted molar refractivity (Wildman–Crippen MR) is 101 cm³/mol. The van der Waals surface area contributed by atoms with E-state index in [0.717, 1.165) is 17.7 Å². The molecule has 1 aromatic heterocycles. The third-order valence-corrected chi connectivity index (χ3v) is 4.09. The van der Waals surface area contributed by atoms with E-state index in [1.54, 1.807) is 6.92 Å². The van der Waals surface area contributed by atoms with E-state index in [1.165, 1.54) is 11.0 Å². The Kier molecular flexibility index (Phi) is 6.33. The lowest BCUT2D eigenvalue weighted by atomic mass is 10.1. The molecule has 0 saturated heterocycles. The van der Waals surface area contributed by atoms with Crippen molar-refractivity contribution >= 4 is 11.8 Å². The summed E-state index contributed by atoms with van der Waals surface area (Å²) in [7, 11) is 0. The molecule has 0 fully saturated rings. The van der Waals surface area contributed by atoms with Crippen molar-refractivity contribution in [1.82, 2.24) is 15.4 Å². The summed E-state index contributed by atoms with van der Waals surface area (Å²) in [5, 5.41) is 6.31. The number of nitrogens with one attached hydrogen (secondary N) is 1. The van der Waals surface area contributed by atoms with E-state index in [2.05, 4.69) is 10.5 Å². The molecule has 1 N–H and O–H groups in total. The van der Waals surface area contributed by atoms with Gasteiger partial charge in [-0.2, -0.15) is 0 Å². The van der Waals surface area contributed by atoms with Gasteiger partial charge in [0.05, 0.1) is 6.54 Å². The van der Waals surface area contributed by atoms with E-state index in [1.807, 2.05) is 30.3 Å². The summed E-state index contributed by atoms with van der Waals surface area (Å²) in [6, 6.07) is 13.2. The molecule has 0 bridgehead atoms. The number of carbonyl (C=O) groups is 2. The highest BCUT2D eigenvalue weighted by Gasteiger charge is 2.21. The Hall–Kier alpha value is -3.55. The van der Waals surface area contributed by atoms with Crippen LogP contribution in [-0.2, 0) is 13.1 Å². The number of aromatic nitrogens is 1. The Morgan fingerprint density at radius 3 is 2.38 bits per heavy atom. The molecule has 0 saturated carbocycles. The second-order valence-electron chi connectivity index (χ2n) is 6.34. The zero-order chi connectivity index (χ0) is 20.8. The molecule has 0 aliphatic heterocycles. The number of hydrogen-bond donors (Lipinski definition) is 1. The lowest BCUT2D eigenvalue weighted by molar-refractivity contribution is 0.0712. The summed E-state index contributed by atoms with van der Waals surface area (Å²) in [6.45, 7) is 2.36. The van der Waals surface area contributed by atoms with Gasteiger partial charge in [0.2, 0.25) is 0 Å². The minimum Gasteiger partial charge on any atom is -0.359 e. The number of benzene rings is 2. The maximum Gasteiger partial charge on any atom is 0.273 e. The van der Waals surface area contributed by atoms with Gasteiger partial charge < -0.3 is 14.7 Å². The average Bonchev–Trinajstić information content (AvgIpc) is 3.16. The summed E-state index contributed by atoms with van der Waals surface area (Å²) >= 11 is 0. The Balaban J connectivity index is 1.87. The molecule has 0 atom stereocenters. The lowest BCUT2D eigenvalue weighted by Crippen LogP contribution is -2.30. The van der Waals surface area contributed by atoms with Gasteiger partial charge in [0.25, 0.3) is 11.8 Å². The van der Waals surface area contributed by atoms with E-state index >= 15 is 0 Å². The largest absolute Gasteiger partial charge is 0.359 e.